The zero-order valence-electron chi connectivity index (χ0n) is 8.84. The second-order valence-electron chi connectivity index (χ2n) is 4.13. The van der Waals surface area contributed by atoms with Gasteiger partial charge in [0.1, 0.15) is 0 Å². The Hall–Kier alpha value is -0.210. The Bertz CT molecular complexity index is 353. The molecule has 1 aromatic rings. The van der Waals surface area contributed by atoms with Gasteiger partial charge in [0.05, 0.1) is 10.7 Å². The van der Waals surface area contributed by atoms with Gasteiger partial charge in [0.15, 0.2) is 0 Å². The van der Waals surface area contributed by atoms with Crippen molar-refractivity contribution < 1.29 is 0 Å². The van der Waals surface area contributed by atoms with Crippen LogP contribution in [0, 0.1) is 0 Å². The molecule has 0 aliphatic carbocycles. The van der Waals surface area contributed by atoms with E-state index in [9.17, 15) is 0 Å². The standard InChI is InChI=1S/C12H15BrClN/c1-9-4-2-3-7-15(9)12-6-5-10(13)8-11(12)14/h5-6,8-9H,2-4,7H2,1H3/t9-/m1/s1. The van der Waals surface area contributed by atoms with Gasteiger partial charge in [0, 0.05) is 17.1 Å². The largest absolute Gasteiger partial charge is 0.368 e. The average molecular weight is 289 g/mol. The van der Waals surface area contributed by atoms with Gasteiger partial charge in [0.2, 0.25) is 0 Å². The number of hydrogen-bond donors (Lipinski definition) is 0. The molecule has 1 atom stereocenters. The maximum Gasteiger partial charge on any atom is 0.0650 e. The first-order valence-electron chi connectivity index (χ1n) is 5.40. The minimum atomic E-state index is 0.609. The molecule has 0 spiro atoms. The van der Waals surface area contributed by atoms with Crippen molar-refractivity contribution in [2.24, 2.45) is 0 Å². The molecule has 1 aromatic carbocycles. The quantitative estimate of drug-likeness (QED) is 0.736. The van der Waals surface area contributed by atoms with Gasteiger partial charge in [0.25, 0.3) is 0 Å². The van der Waals surface area contributed by atoms with E-state index in [1.54, 1.807) is 0 Å². The Kier molecular flexibility index (Phi) is 3.57. The van der Waals surface area contributed by atoms with E-state index in [1.165, 1.54) is 24.9 Å². The van der Waals surface area contributed by atoms with Crippen LogP contribution in [-0.2, 0) is 0 Å². The molecule has 1 aliphatic heterocycles. The molecular formula is C12H15BrClN. The second kappa shape index (κ2) is 4.75. The summed E-state index contributed by atoms with van der Waals surface area (Å²) < 4.78 is 1.04. The summed E-state index contributed by atoms with van der Waals surface area (Å²) in [4.78, 5) is 2.41. The molecule has 0 radical (unpaired) electrons. The Morgan fingerprint density at radius 2 is 2.20 bits per heavy atom. The number of rotatable bonds is 1. The highest BCUT2D eigenvalue weighted by Gasteiger charge is 2.20. The predicted octanol–water partition coefficient (Wildman–Crippen LogP) is 4.48. The topological polar surface area (TPSA) is 3.24 Å². The fraction of sp³-hybridized carbons (Fsp3) is 0.500. The van der Waals surface area contributed by atoms with Crippen LogP contribution >= 0.6 is 27.5 Å². The van der Waals surface area contributed by atoms with Gasteiger partial charge in [-0.3, -0.25) is 0 Å². The number of nitrogens with zero attached hydrogens (tertiary/aromatic N) is 1. The fourth-order valence-corrected chi connectivity index (χ4v) is 2.95. The highest BCUT2D eigenvalue weighted by molar-refractivity contribution is 9.10. The van der Waals surface area contributed by atoms with Crippen molar-refractivity contribution in [3.05, 3.63) is 27.7 Å². The van der Waals surface area contributed by atoms with Crippen molar-refractivity contribution in [3.63, 3.8) is 0 Å². The Balaban J connectivity index is 2.27. The van der Waals surface area contributed by atoms with Gasteiger partial charge in [-0.15, -0.1) is 0 Å². The molecule has 0 N–H and O–H groups in total. The van der Waals surface area contributed by atoms with Gasteiger partial charge >= 0.3 is 0 Å². The first-order chi connectivity index (χ1) is 7.18. The summed E-state index contributed by atoms with van der Waals surface area (Å²) in [6, 6.07) is 6.74. The van der Waals surface area contributed by atoms with Gasteiger partial charge in [-0.1, -0.05) is 27.5 Å². The number of hydrogen-bond acceptors (Lipinski definition) is 1. The van der Waals surface area contributed by atoms with Crippen molar-refractivity contribution >= 4 is 33.2 Å². The lowest BCUT2D eigenvalue weighted by Gasteiger charge is -2.36. The minimum Gasteiger partial charge on any atom is -0.368 e. The molecule has 82 valence electrons. The number of anilines is 1. The van der Waals surface area contributed by atoms with Crippen LogP contribution in [0.25, 0.3) is 0 Å². The molecule has 0 bridgehead atoms. The van der Waals surface area contributed by atoms with E-state index in [0.717, 1.165) is 16.0 Å². The zero-order valence-corrected chi connectivity index (χ0v) is 11.2. The highest BCUT2D eigenvalue weighted by atomic mass is 79.9. The summed E-state index contributed by atoms with van der Waals surface area (Å²) in [7, 11) is 0. The van der Waals surface area contributed by atoms with E-state index in [1.807, 2.05) is 6.07 Å². The fourth-order valence-electron chi connectivity index (χ4n) is 2.17. The van der Waals surface area contributed by atoms with Gasteiger partial charge in [-0.25, -0.2) is 0 Å². The van der Waals surface area contributed by atoms with E-state index in [4.69, 9.17) is 11.6 Å². The first-order valence-corrected chi connectivity index (χ1v) is 6.57. The summed E-state index contributed by atoms with van der Waals surface area (Å²) in [5, 5.41) is 0.845. The summed E-state index contributed by atoms with van der Waals surface area (Å²) >= 11 is 9.69. The van der Waals surface area contributed by atoms with Crippen LogP contribution in [0.4, 0.5) is 5.69 Å². The maximum atomic E-state index is 6.26. The predicted molar refractivity (Wildman–Crippen MR) is 69.8 cm³/mol. The Labute approximate surface area is 105 Å². The van der Waals surface area contributed by atoms with Gasteiger partial charge in [-0.2, -0.15) is 0 Å². The molecule has 0 saturated carbocycles. The van der Waals surface area contributed by atoms with Crippen molar-refractivity contribution in [1.82, 2.24) is 0 Å². The SMILES string of the molecule is C[C@@H]1CCCCN1c1ccc(Br)cc1Cl. The molecule has 1 aliphatic rings. The molecule has 1 fully saturated rings. The van der Waals surface area contributed by atoms with Crippen LogP contribution in [-0.4, -0.2) is 12.6 Å². The van der Waals surface area contributed by atoms with Crippen molar-refractivity contribution in [2.45, 2.75) is 32.2 Å². The third kappa shape index (κ3) is 2.48. The number of benzene rings is 1. The van der Waals surface area contributed by atoms with Crippen molar-refractivity contribution in [3.8, 4) is 0 Å². The van der Waals surface area contributed by atoms with E-state index < -0.39 is 0 Å². The molecule has 0 amide bonds. The zero-order chi connectivity index (χ0) is 10.8. The molecule has 1 nitrogen and oxygen atoms in total. The summed E-state index contributed by atoms with van der Waals surface area (Å²) in [5.74, 6) is 0. The van der Waals surface area contributed by atoms with Crippen LogP contribution in [0.15, 0.2) is 22.7 Å². The van der Waals surface area contributed by atoms with Crippen LogP contribution in [0.2, 0.25) is 5.02 Å². The number of piperidine rings is 1. The molecule has 0 aromatic heterocycles. The van der Waals surface area contributed by atoms with E-state index >= 15 is 0 Å². The van der Waals surface area contributed by atoms with Crippen LogP contribution in [0.5, 0.6) is 0 Å². The van der Waals surface area contributed by atoms with Crippen molar-refractivity contribution in [2.75, 3.05) is 11.4 Å². The van der Waals surface area contributed by atoms with Crippen LogP contribution < -0.4 is 4.90 Å². The second-order valence-corrected chi connectivity index (χ2v) is 5.46. The monoisotopic (exact) mass is 287 g/mol. The average Bonchev–Trinajstić information content (AvgIpc) is 2.20. The maximum absolute atomic E-state index is 6.26. The Morgan fingerprint density at radius 1 is 1.40 bits per heavy atom. The smallest absolute Gasteiger partial charge is 0.0650 e. The van der Waals surface area contributed by atoms with Gasteiger partial charge in [-0.05, 0) is 44.4 Å². The van der Waals surface area contributed by atoms with Crippen LogP contribution in [0.3, 0.4) is 0 Å². The van der Waals surface area contributed by atoms with Crippen molar-refractivity contribution in [1.29, 1.82) is 0 Å². The molecule has 1 saturated heterocycles. The molecule has 3 heteroatoms. The van der Waals surface area contributed by atoms with E-state index in [-0.39, 0.29) is 0 Å². The molecular weight excluding hydrogens is 273 g/mol. The third-order valence-electron chi connectivity index (χ3n) is 3.02. The molecule has 0 unspecified atom stereocenters. The lowest BCUT2D eigenvalue weighted by atomic mass is 10.0. The minimum absolute atomic E-state index is 0.609. The molecule has 15 heavy (non-hydrogen) atoms. The van der Waals surface area contributed by atoms with E-state index in [2.05, 4.69) is 39.9 Å². The lowest BCUT2D eigenvalue weighted by molar-refractivity contribution is 0.485. The summed E-state index contributed by atoms with van der Waals surface area (Å²) in [5.41, 5.74) is 1.17. The third-order valence-corrected chi connectivity index (χ3v) is 3.82. The summed E-state index contributed by atoms with van der Waals surface area (Å²) in [6.07, 6.45) is 3.88. The summed E-state index contributed by atoms with van der Waals surface area (Å²) in [6.45, 7) is 3.40. The highest BCUT2D eigenvalue weighted by Crippen LogP contribution is 2.32. The number of halogens is 2. The Morgan fingerprint density at radius 3 is 2.87 bits per heavy atom. The van der Waals surface area contributed by atoms with Crippen LogP contribution in [0.1, 0.15) is 26.2 Å². The van der Waals surface area contributed by atoms with Gasteiger partial charge < -0.3 is 4.90 Å². The lowest BCUT2D eigenvalue weighted by Crippen LogP contribution is -2.37. The first kappa shape index (κ1) is 11.3. The molecule has 1 heterocycles. The molecule has 2 rings (SSSR count). The van der Waals surface area contributed by atoms with E-state index in [0.29, 0.717) is 6.04 Å². The normalized spacial score (nSPS) is 21.8.